The summed E-state index contributed by atoms with van der Waals surface area (Å²) in [5, 5.41) is 0. The molecular formula is C44H40O3. The molecule has 0 saturated carbocycles. The van der Waals surface area contributed by atoms with Gasteiger partial charge in [0.2, 0.25) is 0 Å². The Morgan fingerprint density at radius 3 is 0.872 bits per heavy atom. The standard InChI is InChI=1S/C20H16O.C15H14O.C9H10O/c1-15-7-9-18(10-8-15)20(21)19-13-11-17(12-14-19)16-5-3-2-4-6-16;1-11-3-7-13(8-4-11)15(16)14-9-5-12(2)6-10-14;1-7-3-5-9(6-4-7)8(2)10/h2-14H,1H3;3-10H,1-2H3;3-6H,1-2H3. The molecule has 3 heteroatoms. The van der Waals surface area contributed by atoms with Crippen molar-refractivity contribution in [3.05, 3.63) is 202 Å². The molecule has 0 unspecified atom stereocenters. The fourth-order valence-corrected chi connectivity index (χ4v) is 4.68. The predicted octanol–water partition coefficient (Wildman–Crippen LogP) is 10.6. The molecule has 0 saturated heterocycles. The quantitative estimate of drug-likeness (QED) is 0.175. The van der Waals surface area contributed by atoms with Crippen molar-refractivity contribution in [2.75, 3.05) is 0 Å². The van der Waals surface area contributed by atoms with Crippen LogP contribution >= 0.6 is 0 Å². The van der Waals surface area contributed by atoms with Gasteiger partial charge in [0.05, 0.1) is 0 Å². The van der Waals surface area contributed by atoms with Crippen molar-refractivity contribution >= 4 is 17.3 Å². The maximum absolute atomic E-state index is 12.4. The highest BCUT2D eigenvalue weighted by molar-refractivity contribution is 6.09. The zero-order valence-electron chi connectivity index (χ0n) is 27.7. The summed E-state index contributed by atoms with van der Waals surface area (Å²) in [5.74, 6) is 0.273. The molecule has 0 aliphatic carbocycles. The molecule has 0 amide bonds. The van der Waals surface area contributed by atoms with E-state index in [1.807, 2.05) is 167 Å². The van der Waals surface area contributed by atoms with Crippen LogP contribution in [-0.2, 0) is 0 Å². The van der Waals surface area contributed by atoms with Crippen molar-refractivity contribution in [1.82, 2.24) is 0 Å². The summed E-state index contributed by atoms with van der Waals surface area (Å²) in [7, 11) is 0. The summed E-state index contributed by atoms with van der Waals surface area (Å²) >= 11 is 0. The minimum absolute atomic E-state index is 0.0645. The molecule has 234 valence electrons. The Labute approximate surface area is 278 Å². The Morgan fingerprint density at radius 2 is 0.574 bits per heavy atom. The zero-order valence-corrected chi connectivity index (χ0v) is 27.7. The highest BCUT2D eigenvalue weighted by Crippen LogP contribution is 2.20. The molecule has 0 fully saturated rings. The monoisotopic (exact) mass is 616 g/mol. The highest BCUT2D eigenvalue weighted by atomic mass is 16.1. The lowest BCUT2D eigenvalue weighted by atomic mass is 9.99. The van der Waals surface area contributed by atoms with Crippen LogP contribution in [0.2, 0.25) is 0 Å². The predicted molar refractivity (Wildman–Crippen MR) is 193 cm³/mol. The second-order valence-electron chi connectivity index (χ2n) is 11.6. The van der Waals surface area contributed by atoms with Crippen LogP contribution in [0.15, 0.2) is 152 Å². The summed E-state index contributed by atoms with van der Waals surface area (Å²) < 4.78 is 0. The summed E-state index contributed by atoms with van der Waals surface area (Å²) in [4.78, 5) is 35.2. The molecule has 0 aliphatic rings. The number of ketones is 3. The maximum Gasteiger partial charge on any atom is 0.193 e. The third-order valence-electron chi connectivity index (χ3n) is 7.65. The van der Waals surface area contributed by atoms with Gasteiger partial charge in [0.15, 0.2) is 17.3 Å². The topological polar surface area (TPSA) is 51.2 Å². The van der Waals surface area contributed by atoms with E-state index in [4.69, 9.17) is 0 Å². The number of carbonyl (C=O) groups excluding carboxylic acids is 3. The van der Waals surface area contributed by atoms with Crippen molar-refractivity contribution in [2.45, 2.75) is 34.6 Å². The Bertz CT molecular complexity index is 1850. The van der Waals surface area contributed by atoms with Crippen LogP contribution in [0.25, 0.3) is 11.1 Å². The van der Waals surface area contributed by atoms with E-state index in [1.165, 1.54) is 16.7 Å². The van der Waals surface area contributed by atoms with E-state index in [-0.39, 0.29) is 17.3 Å². The van der Waals surface area contributed by atoms with Crippen LogP contribution < -0.4 is 0 Å². The first-order chi connectivity index (χ1) is 22.6. The van der Waals surface area contributed by atoms with E-state index in [0.29, 0.717) is 0 Å². The summed E-state index contributed by atoms with van der Waals surface area (Å²) in [6, 6.07) is 48.5. The van der Waals surface area contributed by atoms with E-state index in [0.717, 1.165) is 44.5 Å². The molecule has 0 radical (unpaired) electrons. The first kappa shape index (κ1) is 34.2. The van der Waals surface area contributed by atoms with Gasteiger partial charge in [-0.25, -0.2) is 0 Å². The van der Waals surface area contributed by atoms with Gasteiger partial charge in [-0.1, -0.05) is 174 Å². The Balaban J connectivity index is 0.000000170. The van der Waals surface area contributed by atoms with E-state index < -0.39 is 0 Å². The molecule has 0 heterocycles. The van der Waals surface area contributed by atoms with E-state index in [1.54, 1.807) is 6.92 Å². The van der Waals surface area contributed by atoms with Gasteiger partial charge < -0.3 is 0 Å². The molecule has 0 N–H and O–H groups in total. The third kappa shape index (κ3) is 10.2. The van der Waals surface area contributed by atoms with Gasteiger partial charge in [0, 0.05) is 27.8 Å². The van der Waals surface area contributed by atoms with Crippen molar-refractivity contribution in [3.63, 3.8) is 0 Å². The maximum atomic E-state index is 12.4. The molecule has 47 heavy (non-hydrogen) atoms. The fraction of sp³-hybridized carbons (Fsp3) is 0.114. The second-order valence-corrected chi connectivity index (χ2v) is 11.6. The molecule has 3 nitrogen and oxygen atoms in total. The third-order valence-corrected chi connectivity index (χ3v) is 7.65. The average Bonchev–Trinajstić information content (AvgIpc) is 3.10. The number of carbonyl (C=O) groups is 3. The molecule has 0 aliphatic heterocycles. The summed E-state index contributed by atoms with van der Waals surface area (Å²) in [6.07, 6.45) is 0. The number of Topliss-reactive ketones (excluding diaryl/α,β-unsaturated/α-hetero) is 1. The lowest BCUT2D eigenvalue weighted by Crippen LogP contribution is -2.00. The van der Waals surface area contributed by atoms with Gasteiger partial charge in [-0.05, 0) is 45.7 Å². The van der Waals surface area contributed by atoms with Gasteiger partial charge >= 0.3 is 0 Å². The molecule has 0 aromatic heterocycles. The average molecular weight is 617 g/mol. The highest BCUT2D eigenvalue weighted by Gasteiger charge is 2.09. The largest absolute Gasteiger partial charge is 0.295 e. The van der Waals surface area contributed by atoms with Crippen LogP contribution in [-0.4, -0.2) is 17.3 Å². The smallest absolute Gasteiger partial charge is 0.193 e. The van der Waals surface area contributed by atoms with E-state index in [9.17, 15) is 14.4 Å². The van der Waals surface area contributed by atoms with Crippen LogP contribution in [0.4, 0.5) is 0 Å². The summed E-state index contributed by atoms with van der Waals surface area (Å²) in [5.41, 5.74) is 10.7. The Morgan fingerprint density at radius 1 is 0.319 bits per heavy atom. The Kier molecular flexibility index (Phi) is 12.1. The fourth-order valence-electron chi connectivity index (χ4n) is 4.68. The van der Waals surface area contributed by atoms with E-state index >= 15 is 0 Å². The van der Waals surface area contributed by atoms with E-state index in [2.05, 4.69) is 12.1 Å². The first-order valence-corrected chi connectivity index (χ1v) is 15.6. The van der Waals surface area contributed by atoms with Gasteiger partial charge in [-0.2, -0.15) is 0 Å². The molecule has 6 aromatic rings. The van der Waals surface area contributed by atoms with Crippen LogP contribution in [0.3, 0.4) is 0 Å². The molecule has 6 aromatic carbocycles. The van der Waals surface area contributed by atoms with Crippen molar-refractivity contribution < 1.29 is 14.4 Å². The van der Waals surface area contributed by atoms with Gasteiger partial charge in [-0.3, -0.25) is 14.4 Å². The number of hydrogen-bond acceptors (Lipinski definition) is 3. The SMILES string of the molecule is CC(=O)c1ccc(C)cc1.Cc1ccc(C(=O)c2ccc(-c3ccccc3)cc2)cc1.Cc1ccc(C(=O)c2ccc(C)cc2)cc1. The van der Waals surface area contributed by atoms with Crippen LogP contribution in [0, 0.1) is 27.7 Å². The minimum atomic E-state index is 0.0645. The zero-order chi connectivity index (χ0) is 33.8. The molecular weight excluding hydrogens is 576 g/mol. The lowest BCUT2D eigenvalue weighted by Gasteiger charge is -2.05. The normalized spacial score (nSPS) is 10.1. The van der Waals surface area contributed by atoms with Crippen molar-refractivity contribution in [3.8, 4) is 11.1 Å². The Hall–Kier alpha value is -5.67. The molecule has 0 spiro atoms. The number of rotatable bonds is 6. The molecule has 6 rings (SSSR count). The lowest BCUT2D eigenvalue weighted by molar-refractivity contribution is 0.101. The number of benzene rings is 6. The minimum Gasteiger partial charge on any atom is -0.295 e. The van der Waals surface area contributed by atoms with Crippen molar-refractivity contribution in [2.24, 2.45) is 0 Å². The number of aryl methyl sites for hydroxylation is 4. The summed E-state index contributed by atoms with van der Waals surface area (Å²) in [6.45, 7) is 9.62. The molecule has 0 atom stereocenters. The molecule has 0 bridgehead atoms. The second kappa shape index (κ2) is 16.6. The van der Waals surface area contributed by atoms with Gasteiger partial charge in [0.1, 0.15) is 0 Å². The van der Waals surface area contributed by atoms with Crippen LogP contribution in [0.5, 0.6) is 0 Å². The number of hydrogen-bond donors (Lipinski definition) is 0. The van der Waals surface area contributed by atoms with Gasteiger partial charge in [-0.15, -0.1) is 0 Å². The first-order valence-electron chi connectivity index (χ1n) is 15.6. The van der Waals surface area contributed by atoms with Gasteiger partial charge in [0.25, 0.3) is 0 Å². The van der Waals surface area contributed by atoms with Crippen molar-refractivity contribution in [1.29, 1.82) is 0 Å². The van der Waals surface area contributed by atoms with Crippen LogP contribution in [0.1, 0.15) is 71.4 Å².